The van der Waals surface area contributed by atoms with E-state index in [1.165, 1.54) is 4.90 Å². The molecule has 1 aliphatic rings. The fourth-order valence-corrected chi connectivity index (χ4v) is 1.84. The third kappa shape index (κ3) is 3.18. The highest BCUT2D eigenvalue weighted by molar-refractivity contribution is 5.84. The summed E-state index contributed by atoms with van der Waals surface area (Å²) in [6, 6.07) is -0.871. The van der Waals surface area contributed by atoms with Crippen LogP contribution in [0.3, 0.4) is 0 Å². The first-order valence-corrected chi connectivity index (χ1v) is 5.47. The zero-order chi connectivity index (χ0) is 12.1. The van der Waals surface area contributed by atoms with E-state index >= 15 is 0 Å². The van der Waals surface area contributed by atoms with Crippen molar-refractivity contribution in [3.05, 3.63) is 0 Å². The van der Waals surface area contributed by atoms with Gasteiger partial charge in [0.25, 0.3) is 0 Å². The molecule has 1 saturated heterocycles. The molecule has 6 nitrogen and oxygen atoms in total. The van der Waals surface area contributed by atoms with E-state index in [1.54, 1.807) is 0 Å². The monoisotopic (exact) mass is 230 g/mol. The molecule has 0 aromatic rings. The van der Waals surface area contributed by atoms with Gasteiger partial charge < -0.3 is 20.4 Å². The third-order valence-electron chi connectivity index (χ3n) is 2.65. The van der Waals surface area contributed by atoms with E-state index in [-0.39, 0.29) is 25.3 Å². The Kier molecular flexibility index (Phi) is 4.70. The second kappa shape index (κ2) is 5.81. The van der Waals surface area contributed by atoms with Gasteiger partial charge in [-0.15, -0.1) is 0 Å². The zero-order valence-electron chi connectivity index (χ0n) is 9.35. The first-order valence-electron chi connectivity index (χ1n) is 5.47. The number of nitrogens with one attached hydrogen (secondary N) is 1. The van der Waals surface area contributed by atoms with Crippen molar-refractivity contribution in [1.82, 2.24) is 10.2 Å². The van der Waals surface area contributed by atoms with Gasteiger partial charge in [-0.3, -0.25) is 4.79 Å². The van der Waals surface area contributed by atoms with Crippen LogP contribution in [0.5, 0.6) is 0 Å². The standard InChI is InChI=1S/C10H18N2O4/c1-2-11-4-3-9(14)12-6-7(13)5-8(12)10(15)16/h7-8,11,13H,2-6H2,1H3,(H,15,16)/t7?,8-/m0/s1. The first kappa shape index (κ1) is 12.9. The van der Waals surface area contributed by atoms with Crippen LogP contribution >= 0.6 is 0 Å². The van der Waals surface area contributed by atoms with Crippen molar-refractivity contribution in [2.24, 2.45) is 0 Å². The second-order valence-corrected chi connectivity index (χ2v) is 3.89. The van der Waals surface area contributed by atoms with Crippen molar-refractivity contribution in [3.8, 4) is 0 Å². The maximum Gasteiger partial charge on any atom is 0.326 e. The molecule has 0 spiro atoms. The number of likely N-dealkylation sites (tertiary alicyclic amines) is 1. The number of hydrogen-bond acceptors (Lipinski definition) is 4. The highest BCUT2D eigenvalue weighted by Gasteiger charge is 2.38. The lowest BCUT2D eigenvalue weighted by atomic mass is 10.2. The molecule has 0 radical (unpaired) electrons. The Balaban J connectivity index is 2.50. The Morgan fingerprint density at radius 2 is 2.19 bits per heavy atom. The van der Waals surface area contributed by atoms with Crippen molar-refractivity contribution in [3.63, 3.8) is 0 Å². The Bertz CT molecular complexity index is 270. The SMILES string of the molecule is CCNCCC(=O)N1CC(O)C[C@H]1C(=O)O. The van der Waals surface area contributed by atoms with Gasteiger partial charge in [-0.05, 0) is 6.54 Å². The quantitative estimate of drug-likeness (QED) is 0.529. The fraction of sp³-hybridized carbons (Fsp3) is 0.800. The summed E-state index contributed by atoms with van der Waals surface area (Å²) in [5, 5.41) is 21.3. The minimum atomic E-state index is -1.05. The molecule has 2 atom stereocenters. The molecule has 0 bridgehead atoms. The number of rotatable bonds is 5. The number of aliphatic hydroxyl groups is 1. The van der Waals surface area contributed by atoms with Gasteiger partial charge in [-0.1, -0.05) is 6.92 Å². The summed E-state index contributed by atoms with van der Waals surface area (Å²) in [6.07, 6.45) is -0.323. The number of carboxylic acid groups (broad SMARTS) is 1. The molecule has 3 N–H and O–H groups in total. The molecule has 1 heterocycles. The first-order chi connectivity index (χ1) is 7.56. The topological polar surface area (TPSA) is 89.9 Å². The van der Waals surface area contributed by atoms with E-state index in [2.05, 4.69) is 5.32 Å². The van der Waals surface area contributed by atoms with Gasteiger partial charge in [0.05, 0.1) is 6.10 Å². The second-order valence-electron chi connectivity index (χ2n) is 3.89. The maximum atomic E-state index is 11.7. The van der Waals surface area contributed by atoms with Crippen molar-refractivity contribution in [2.75, 3.05) is 19.6 Å². The highest BCUT2D eigenvalue weighted by atomic mass is 16.4. The molecule has 1 aliphatic heterocycles. The third-order valence-corrected chi connectivity index (χ3v) is 2.65. The van der Waals surface area contributed by atoms with Crippen LogP contribution in [0.4, 0.5) is 0 Å². The average molecular weight is 230 g/mol. The number of carboxylic acids is 1. The lowest BCUT2D eigenvalue weighted by molar-refractivity contribution is -0.148. The number of aliphatic hydroxyl groups excluding tert-OH is 1. The van der Waals surface area contributed by atoms with Crippen LogP contribution in [-0.2, 0) is 9.59 Å². The molecule has 6 heteroatoms. The maximum absolute atomic E-state index is 11.7. The van der Waals surface area contributed by atoms with Crippen molar-refractivity contribution in [2.45, 2.75) is 31.9 Å². The predicted octanol–water partition coefficient (Wildman–Crippen LogP) is -0.968. The minimum absolute atomic E-state index is 0.127. The Morgan fingerprint density at radius 3 is 2.75 bits per heavy atom. The minimum Gasteiger partial charge on any atom is -0.480 e. The van der Waals surface area contributed by atoms with Crippen molar-refractivity contribution in [1.29, 1.82) is 0 Å². The summed E-state index contributed by atoms with van der Waals surface area (Å²) < 4.78 is 0. The van der Waals surface area contributed by atoms with Gasteiger partial charge in [0.2, 0.25) is 5.91 Å². The molecular formula is C10H18N2O4. The summed E-state index contributed by atoms with van der Waals surface area (Å²) in [6.45, 7) is 3.37. The van der Waals surface area contributed by atoms with Crippen LogP contribution in [-0.4, -0.2) is 58.8 Å². The van der Waals surface area contributed by atoms with Crippen LogP contribution in [0, 0.1) is 0 Å². The van der Waals surface area contributed by atoms with E-state index in [4.69, 9.17) is 5.11 Å². The molecule has 0 aromatic heterocycles. The molecule has 16 heavy (non-hydrogen) atoms. The zero-order valence-corrected chi connectivity index (χ0v) is 9.35. The van der Waals surface area contributed by atoms with Gasteiger partial charge >= 0.3 is 5.97 Å². The van der Waals surface area contributed by atoms with Crippen LogP contribution in [0.2, 0.25) is 0 Å². The van der Waals surface area contributed by atoms with Crippen LogP contribution < -0.4 is 5.32 Å². The molecule has 1 amide bonds. The van der Waals surface area contributed by atoms with Gasteiger partial charge in [-0.25, -0.2) is 4.79 Å². The van der Waals surface area contributed by atoms with Gasteiger partial charge in [0, 0.05) is 25.9 Å². The summed E-state index contributed by atoms with van der Waals surface area (Å²) in [4.78, 5) is 23.8. The van der Waals surface area contributed by atoms with Crippen LogP contribution in [0.1, 0.15) is 19.8 Å². The number of aliphatic carboxylic acids is 1. The van der Waals surface area contributed by atoms with E-state index in [1.807, 2.05) is 6.92 Å². The molecule has 1 rings (SSSR count). The molecule has 1 unspecified atom stereocenters. The smallest absolute Gasteiger partial charge is 0.326 e. The van der Waals surface area contributed by atoms with Gasteiger partial charge in [0.1, 0.15) is 6.04 Å². The average Bonchev–Trinajstić information content (AvgIpc) is 2.61. The summed E-state index contributed by atoms with van der Waals surface area (Å²) in [5.74, 6) is -1.27. The number of amides is 1. The number of nitrogens with zero attached hydrogens (tertiary/aromatic N) is 1. The van der Waals surface area contributed by atoms with Gasteiger partial charge in [-0.2, -0.15) is 0 Å². The van der Waals surface area contributed by atoms with Gasteiger partial charge in [0.15, 0.2) is 0 Å². The van der Waals surface area contributed by atoms with E-state index < -0.39 is 18.1 Å². The summed E-state index contributed by atoms with van der Waals surface area (Å²) in [7, 11) is 0. The van der Waals surface area contributed by atoms with Crippen molar-refractivity contribution < 1.29 is 19.8 Å². The number of carbonyl (C=O) groups is 2. The summed E-state index contributed by atoms with van der Waals surface area (Å²) >= 11 is 0. The molecular weight excluding hydrogens is 212 g/mol. The number of carbonyl (C=O) groups excluding carboxylic acids is 1. The van der Waals surface area contributed by atoms with E-state index in [9.17, 15) is 14.7 Å². The number of β-amino-alcohol motifs (C(OH)–C–C–N with tert-alkyl or cyclic N) is 1. The fourth-order valence-electron chi connectivity index (χ4n) is 1.84. The molecule has 92 valence electrons. The van der Waals surface area contributed by atoms with E-state index in [0.717, 1.165) is 6.54 Å². The molecule has 1 fully saturated rings. The lowest BCUT2D eigenvalue weighted by Crippen LogP contribution is -2.41. The normalized spacial score (nSPS) is 24.8. The Labute approximate surface area is 94.2 Å². The largest absolute Gasteiger partial charge is 0.480 e. The van der Waals surface area contributed by atoms with E-state index in [0.29, 0.717) is 6.54 Å². The summed E-state index contributed by atoms with van der Waals surface area (Å²) in [5.41, 5.74) is 0. The predicted molar refractivity (Wildman–Crippen MR) is 56.9 cm³/mol. The Morgan fingerprint density at radius 1 is 1.50 bits per heavy atom. The van der Waals surface area contributed by atoms with Crippen LogP contribution in [0.15, 0.2) is 0 Å². The number of hydrogen-bond donors (Lipinski definition) is 3. The van der Waals surface area contributed by atoms with Crippen LogP contribution in [0.25, 0.3) is 0 Å². The molecule has 0 aromatic carbocycles. The highest BCUT2D eigenvalue weighted by Crippen LogP contribution is 2.18. The van der Waals surface area contributed by atoms with Crippen molar-refractivity contribution >= 4 is 11.9 Å². The lowest BCUT2D eigenvalue weighted by Gasteiger charge is -2.21. The molecule has 0 aliphatic carbocycles. The Hall–Kier alpha value is -1.14. The molecule has 0 saturated carbocycles.